The van der Waals surface area contributed by atoms with Gasteiger partial charge in [0.15, 0.2) is 0 Å². The minimum Gasteiger partial charge on any atom is -0.350 e. The Morgan fingerprint density at radius 3 is 2.88 bits per heavy atom. The Kier molecular flexibility index (Phi) is 4.63. The fraction of sp³-hybridized carbons (Fsp3) is 0.650. The highest BCUT2D eigenvalue weighted by molar-refractivity contribution is 7.13. The van der Waals surface area contributed by atoms with Crippen molar-refractivity contribution in [3.8, 4) is 0 Å². The van der Waals surface area contributed by atoms with Crippen molar-refractivity contribution in [2.75, 3.05) is 13.1 Å². The summed E-state index contributed by atoms with van der Waals surface area (Å²) in [5, 5.41) is 4.09. The van der Waals surface area contributed by atoms with Gasteiger partial charge < -0.3 is 10.2 Å². The fourth-order valence-corrected chi connectivity index (χ4v) is 5.22. The molecule has 1 atom stereocenters. The van der Waals surface area contributed by atoms with Gasteiger partial charge in [-0.2, -0.15) is 0 Å². The first kappa shape index (κ1) is 17.7. The summed E-state index contributed by atoms with van der Waals surface area (Å²) in [5.74, 6) is 0.911. The van der Waals surface area contributed by atoms with Crippen LogP contribution in [0.4, 0.5) is 0 Å². The van der Waals surface area contributed by atoms with Crippen LogP contribution in [0.1, 0.15) is 65.3 Å². The molecule has 5 nitrogen and oxygen atoms in total. The molecule has 1 aliphatic heterocycles. The van der Waals surface area contributed by atoms with Gasteiger partial charge in [0.1, 0.15) is 4.88 Å². The lowest BCUT2D eigenvalue weighted by molar-refractivity contribution is -0.134. The zero-order valence-electron chi connectivity index (χ0n) is 15.6. The minimum absolute atomic E-state index is 0.0296. The Labute approximate surface area is 158 Å². The highest BCUT2D eigenvalue weighted by Crippen LogP contribution is 2.47. The molecule has 1 saturated heterocycles. The molecule has 2 amide bonds. The van der Waals surface area contributed by atoms with Gasteiger partial charge in [-0.25, -0.2) is 4.98 Å². The van der Waals surface area contributed by atoms with Crippen LogP contribution in [0, 0.1) is 25.2 Å². The second kappa shape index (κ2) is 6.80. The third-order valence-corrected chi connectivity index (χ3v) is 7.06. The van der Waals surface area contributed by atoms with Gasteiger partial charge >= 0.3 is 0 Å². The largest absolute Gasteiger partial charge is 0.350 e. The maximum atomic E-state index is 12.7. The second-order valence-corrected chi connectivity index (χ2v) is 9.24. The van der Waals surface area contributed by atoms with Gasteiger partial charge in [-0.1, -0.05) is 6.08 Å². The average molecular weight is 374 g/mol. The molecule has 1 saturated carbocycles. The second-order valence-electron chi connectivity index (χ2n) is 8.04. The fourth-order valence-electron chi connectivity index (χ4n) is 4.39. The van der Waals surface area contributed by atoms with Gasteiger partial charge in [-0.15, -0.1) is 11.3 Å². The number of rotatable bonds is 5. The lowest BCUT2D eigenvalue weighted by Gasteiger charge is -2.47. The number of aromatic nitrogens is 1. The summed E-state index contributed by atoms with van der Waals surface area (Å²) in [6.07, 6.45) is 9.40. The Bertz CT molecular complexity index is 765. The van der Waals surface area contributed by atoms with Crippen molar-refractivity contribution in [1.82, 2.24) is 15.2 Å². The van der Waals surface area contributed by atoms with Crippen LogP contribution in [0.2, 0.25) is 0 Å². The van der Waals surface area contributed by atoms with Crippen molar-refractivity contribution in [2.24, 2.45) is 11.3 Å². The molecule has 0 bridgehead atoms. The molecule has 26 heavy (non-hydrogen) atoms. The number of nitrogens with zero attached hydrogens (tertiary/aromatic N) is 2. The van der Waals surface area contributed by atoms with Gasteiger partial charge in [-0.05, 0) is 58.3 Å². The summed E-state index contributed by atoms with van der Waals surface area (Å²) in [6.45, 7) is 5.30. The van der Waals surface area contributed by atoms with Crippen molar-refractivity contribution in [3.63, 3.8) is 0 Å². The molecule has 2 heterocycles. The molecule has 2 fully saturated rings. The van der Waals surface area contributed by atoms with E-state index in [0.29, 0.717) is 23.8 Å². The third kappa shape index (κ3) is 3.31. The molecule has 1 aromatic heterocycles. The number of carbonyl (C=O) groups is 2. The van der Waals surface area contributed by atoms with E-state index in [1.165, 1.54) is 29.9 Å². The summed E-state index contributed by atoms with van der Waals surface area (Å²) >= 11 is 1.45. The third-order valence-electron chi connectivity index (χ3n) is 5.98. The van der Waals surface area contributed by atoms with E-state index in [4.69, 9.17) is 0 Å². The van der Waals surface area contributed by atoms with Gasteiger partial charge in [-0.3, -0.25) is 9.59 Å². The first-order chi connectivity index (χ1) is 12.5. The van der Waals surface area contributed by atoms with Crippen LogP contribution in [0.15, 0.2) is 11.8 Å². The first-order valence-electron chi connectivity index (χ1n) is 9.72. The molecule has 1 aromatic rings. The first-order valence-corrected chi connectivity index (χ1v) is 10.5. The molecule has 0 aromatic carbocycles. The average Bonchev–Trinajstić information content (AvgIpc) is 3.38. The maximum Gasteiger partial charge on any atom is 0.263 e. The van der Waals surface area contributed by atoms with Gasteiger partial charge in [0.2, 0.25) is 5.91 Å². The van der Waals surface area contributed by atoms with Crippen molar-refractivity contribution in [3.05, 3.63) is 27.4 Å². The van der Waals surface area contributed by atoms with Gasteiger partial charge in [0.05, 0.1) is 10.7 Å². The van der Waals surface area contributed by atoms with E-state index in [1.54, 1.807) is 0 Å². The number of fused-ring (bicyclic) bond motifs is 1. The Balaban J connectivity index is 1.52. The molecule has 140 valence electrons. The van der Waals surface area contributed by atoms with Crippen molar-refractivity contribution in [2.45, 2.75) is 58.8 Å². The van der Waals surface area contributed by atoms with E-state index in [-0.39, 0.29) is 17.2 Å². The number of allylic oxidation sites excluding steroid dienone is 1. The molecule has 3 aliphatic rings. The number of thiazole rings is 1. The van der Waals surface area contributed by atoms with Gasteiger partial charge in [0.25, 0.3) is 5.91 Å². The van der Waals surface area contributed by atoms with Crippen LogP contribution in [0.3, 0.4) is 0 Å². The zero-order valence-corrected chi connectivity index (χ0v) is 16.5. The van der Waals surface area contributed by atoms with E-state index in [1.807, 2.05) is 13.8 Å². The minimum atomic E-state index is -0.0790. The van der Waals surface area contributed by atoms with Gasteiger partial charge in [0, 0.05) is 30.6 Å². The Morgan fingerprint density at radius 1 is 1.38 bits per heavy atom. The molecule has 1 N–H and O–H groups in total. The predicted molar refractivity (Wildman–Crippen MR) is 102 cm³/mol. The number of hydrogen-bond donors (Lipinski definition) is 1. The summed E-state index contributed by atoms with van der Waals surface area (Å²) < 4.78 is 0. The quantitative estimate of drug-likeness (QED) is 0.858. The van der Waals surface area contributed by atoms with Crippen LogP contribution in [-0.2, 0) is 4.79 Å². The summed E-state index contributed by atoms with van der Waals surface area (Å²) in [6, 6.07) is 0. The molecule has 1 unspecified atom stereocenters. The number of amides is 2. The van der Waals surface area contributed by atoms with Crippen molar-refractivity contribution < 1.29 is 9.59 Å². The standard InChI is InChI=1S/C20H27N3O2S/c1-13-18(26-14(2)22-13)19(25)21-12-20-9-4-3-5-16(20)23(11-15-6-7-15)17(24)8-10-20/h5,15H,3-4,6-12H2,1-2H3,(H,21,25). The SMILES string of the molecule is Cc1nc(C)c(C(=O)NCC23CCCC=C2N(CC2CC2)C(=O)CC3)s1. The lowest BCUT2D eigenvalue weighted by atomic mass is 9.69. The zero-order chi connectivity index (χ0) is 18.3. The van der Waals surface area contributed by atoms with Crippen LogP contribution in [0.25, 0.3) is 0 Å². The molecule has 4 rings (SSSR count). The number of aryl methyl sites for hydroxylation is 2. The molecular weight excluding hydrogens is 346 g/mol. The van der Waals surface area contributed by atoms with E-state index in [9.17, 15) is 9.59 Å². The molecule has 6 heteroatoms. The van der Waals surface area contributed by atoms with E-state index < -0.39 is 0 Å². The smallest absolute Gasteiger partial charge is 0.263 e. The molecule has 0 spiro atoms. The topological polar surface area (TPSA) is 62.3 Å². The van der Waals surface area contributed by atoms with Crippen molar-refractivity contribution >= 4 is 23.2 Å². The van der Waals surface area contributed by atoms with Crippen LogP contribution >= 0.6 is 11.3 Å². The number of piperidine rings is 1. The monoisotopic (exact) mass is 373 g/mol. The molecule has 2 aliphatic carbocycles. The normalized spacial score (nSPS) is 25.7. The molecular formula is C20H27N3O2S. The number of nitrogens with one attached hydrogen (secondary N) is 1. The van der Waals surface area contributed by atoms with Crippen LogP contribution in [-0.4, -0.2) is 34.8 Å². The Hall–Kier alpha value is -1.69. The maximum absolute atomic E-state index is 12.7. The lowest BCUT2D eigenvalue weighted by Crippen LogP contribution is -2.51. The highest BCUT2D eigenvalue weighted by Gasteiger charge is 2.45. The number of hydrogen-bond acceptors (Lipinski definition) is 4. The highest BCUT2D eigenvalue weighted by atomic mass is 32.1. The molecule has 0 radical (unpaired) electrons. The van der Waals surface area contributed by atoms with E-state index >= 15 is 0 Å². The van der Waals surface area contributed by atoms with Crippen LogP contribution in [0.5, 0.6) is 0 Å². The van der Waals surface area contributed by atoms with E-state index in [0.717, 1.165) is 42.9 Å². The number of likely N-dealkylation sites (tertiary alicyclic amines) is 1. The predicted octanol–water partition coefficient (Wildman–Crippen LogP) is 3.58. The number of carbonyl (C=O) groups excluding carboxylic acids is 2. The summed E-state index contributed by atoms with van der Waals surface area (Å²) in [7, 11) is 0. The summed E-state index contributed by atoms with van der Waals surface area (Å²) in [5.41, 5.74) is 1.91. The van der Waals surface area contributed by atoms with Crippen molar-refractivity contribution in [1.29, 1.82) is 0 Å². The Morgan fingerprint density at radius 2 is 2.19 bits per heavy atom. The van der Waals surface area contributed by atoms with Crippen LogP contribution < -0.4 is 5.32 Å². The van der Waals surface area contributed by atoms with E-state index in [2.05, 4.69) is 21.3 Å². The summed E-state index contributed by atoms with van der Waals surface area (Å²) in [4.78, 5) is 32.4.